The van der Waals surface area contributed by atoms with Gasteiger partial charge in [0.25, 0.3) is 5.56 Å². The smallest absolute Gasteiger partial charge is 0.268 e. The Hall–Kier alpha value is -1.40. The molecule has 96 valence electrons. The number of benzene rings is 1. The normalized spacial score (nSPS) is 11.8. The number of nitrogens with one attached hydrogen (secondary N) is 1. The van der Waals surface area contributed by atoms with Gasteiger partial charge in [-0.3, -0.25) is 14.6 Å². The van der Waals surface area contributed by atoms with Gasteiger partial charge in [-0.1, -0.05) is 23.2 Å². The molecular weight excluding hydrogens is 292 g/mol. The van der Waals surface area contributed by atoms with Gasteiger partial charge >= 0.3 is 6.18 Å². The molecule has 2 aromatic rings. The zero-order valence-electron chi connectivity index (χ0n) is 8.55. The summed E-state index contributed by atoms with van der Waals surface area (Å²) in [4.78, 5) is 11.0. The Morgan fingerprint density at radius 1 is 1.17 bits per heavy atom. The summed E-state index contributed by atoms with van der Waals surface area (Å²) < 4.78 is 38.7. The molecule has 0 saturated carbocycles. The van der Waals surface area contributed by atoms with Crippen molar-refractivity contribution in [1.29, 1.82) is 0 Å². The average Bonchev–Trinajstić information content (AvgIpc) is 2.62. The Bertz CT molecular complexity index is 622. The highest BCUT2D eigenvalue weighted by Crippen LogP contribution is 2.37. The molecule has 0 aliphatic carbocycles. The fraction of sp³-hybridized carbons (Fsp3) is 0.100. The molecule has 1 aromatic carbocycles. The van der Waals surface area contributed by atoms with Crippen molar-refractivity contribution in [2.45, 2.75) is 6.18 Å². The second-order valence-electron chi connectivity index (χ2n) is 3.45. The summed E-state index contributed by atoms with van der Waals surface area (Å²) in [7, 11) is 0. The Morgan fingerprint density at radius 3 is 2.11 bits per heavy atom. The van der Waals surface area contributed by atoms with E-state index in [4.69, 9.17) is 23.2 Å². The molecule has 18 heavy (non-hydrogen) atoms. The topological polar surface area (TPSA) is 37.8 Å². The molecule has 1 heterocycles. The van der Waals surface area contributed by atoms with E-state index in [1.807, 2.05) is 0 Å². The lowest BCUT2D eigenvalue weighted by Crippen LogP contribution is -2.08. The fourth-order valence-corrected chi connectivity index (χ4v) is 2.09. The van der Waals surface area contributed by atoms with Gasteiger partial charge in [-0.05, 0) is 12.1 Å². The second kappa shape index (κ2) is 4.37. The molecule has 1 N–H and O–H groups in total. The van der Waals surface area contributed by atoms with Crippen molar-refractivity contribution in [2.24, 2.45) is 0 Å². The van der Waals surface area contributed by atoms with Crippen molar-refractivity contribution in [3.63, 3.8) is 0 Å². The third kappa shape index (κ3) is 2.39. The van der Waals surface area contributed by atoms with Crippen molar-refractivity contribution in [1.82, 2.24) is 9.78 Å². The van der Waals surface area contributed by atoms with E-state index in [0.29, 0.717) is 0 Å². The van der Waals surface area contributed by atoms with E-state index >= 15 is 0 Å². The molecule has 8 heteroatoms. The minimum absolute atomic E-state index is 0.0911. The highest BCUT2D eigenvalue weighted by molar-refractivity contribution is 6.37. The highest BCUT2D eigenvalue weighted by atomic mass is 35.5. The van der Waals surface area contributed by atoms with Crippen molar-refractivity contribution in [3.05, 3.63) is 50.4 Å². The molecule has 2 rings (SSSR count). The number of aromatic amines is 1. The molecule has 0 unspecified atom stereocenters. The van der Waals surface area contributed by atoms with Crippen molar-refractivity contribution < 1.29 is 13.2 Å². The molecule has 0 amide bonds. The SMILES string of the molecule is O=c1ccn(-c2c(Cl)cc(C(F)(F)F)cc2Cl)[nH]1. The molecule has 1 aromatic heterocycles. The average molecular weight is 297 g/mol. The van der Waals surface area contributed by atoms with Gasteiger partial charge in [0, 0.05) is 12.3 Å². The van der Waals surface area contributed by atoms with Gasteiger partial charge in [-0.25, -0.2) is 0 Å². The molecule has 0 atom stereocenters. The first-order chi connectivity index (χ1) is 8.29. The van der Waals surface area contributed by atoms with Crippen LogP contribution in [0.25, 0.3) is 5.69 Å². The molecule has 0 saturated heterocycles. The number of halogens is 5. The summed E-state index contributed by atoms with van der Waals surface area (Å²) in [5.74, 6) is 0. The summed E-state index contributed by atoms with van der Waals surface area (Å²) in [6, 6.07) is 2.70. The number of rotatable bonds is 1. The Morgan fingerprint density at radius 2 is 1.72 bits per heavy atom. The summed E-state index contributed by atoms with van der Waals surface area (Å²) in [5, 5.41) is 1.93. The van der Waals surface area contributed by atoms with E-state index < -0.39 is 17.3 Å². The van der Waals surface area contributed by atoms with Crippen LogP contribution in [-0.2, 0) is 6.18 Å². The van der Waals surface area contributed by atoms with Crippen LogP contribution < -0.4 is 5.56 Å². The molecule has 0 fully saturated rings. The number of hydrogen-bond acceptors (Lipinski definition) is 1. The first-order valence-corrected chi connectivity index (χ1v) is 5.39. The summed E-state index contributed by atoms with van der Waals surface area (Å²) >= 11 is 11.5. The van der Waals surface area contributed by atoms with Crippen LogP contribution in [0.15, 0.2) is 29.2 Å². The first kappa shape index (κ1) is 13.0. The van der Waals surface area contributed by atoms with Crippen LogP contribution in [0.3, 0.4) is 0 Å². The van der Waals surface area contributed by atoms with Crippen molar-refractivity contribution in [2.75, 3.05) is 0 Å². The molecule has 0 aliphatic heterocycles. The third-order valence-corrected chi connectivity index (χ3v) is 2.77. The minimum atomic E-state index is -4.53. The lowest BCUT2D eigenvalue weighted by Gasteiger charge is -2.12. The molecule has 0 radical (unpaired) electrons. The summed E-state index contributed by atoms with van der Waals surface area (Å²) in [6.07, 6.45) is -3.21. The number of H-pyrrole nitrogens is 1. The van der Waals surface area contributed by atoms with Crippen LogP contribution >= 0.6 is 23.2 Å². The lowest BCUT2D eigenvalue weighted by molar-refractivity contribution is -0.137. The van der Waals surface area contributed by atoms with E-state index in [9.17, 15) is 18.0 Å². The van der Waals surface area contributed by atoms with Crippen molar-refractivity contribution >= 4 is 23.2 Å². The zero-order valence-corrected chi connectivity index (χ0v) is 10.1. The second-order valence-corrected chi connectivity index (χ2v) is 4.26. The van der Waals surface area contributed by atoms with Crippen LogP contribution in [0, 0.1) is 0 Å². The van der Waals surface area contributed by atoms with Crippen LogP contribution in [0.5, 0.6) is 0 Å². The van der Waals surface area contributed by atoms with Crippen LogP contribution in [0.4, 0.5) is 13.2 Å². The molecule has 0 bridgehead atoms. The maximum absolute atomic E-state index is 12.5. The Kier molecular flexibility index (Phi) is 3.16. The summed E-state index contributed by atoms with van der Waals surface area (Å²) in [5.41, 5.74) is -1.27. The predicted octanol–water partition coefficient (Wildman–Crippen LogP) is 3.49. The fourth-order valence-electron chi connectivity index (χ4n) is 1.43. The van der Waals surface area contributed by atoms with Crippen LogP contribution in [-0.4, -0.2) is 9.78 Å². The number of aromatic nitrogens is 2. The maximum Gasteiger partial charge on any atom is 0.416 e. The minimum Gasteiger partial charge on any atom is -0.268 e. The quantitative estimate of drug-likeness (QED) is 0.859. The van der Waals surface area contributed by atoms with Crippen LogP contribution in [0.1, 0.15) is 5.56 Å². The van der Waals surface area contributed by atoms with Crippen LogP contribution in [0.2, 0.25) is 10.0 Å². The van der Waals surface area contributed by atoms with E-state index in [-0.39, 0.29) is 15.7 Å². The lowest BCUT2D eigenvalue weighted by atomic mass is 10.2. The van der Waals surface area contributed by atoms with Gasteiger partial charge in [0.05, 0.1) is 21.3 Å². The van der Waals surface area contributed by atoms with E-state index in [1.165, 1.54) is 12.3 Å². The van der Waals surface area contributed by atoms with Gasteiger partial charge in [0.15, 0.2) is 0 Å². The van der Waals surface area contributed by atoms with E-state index in [2.05, 4.69) is 5.10 Å². The maximum atomic E-state index is 12.5. The Balaban J connectivity index is 2.61. The largest absolute Gasteiger partial charge is 0.416 e. The van der Waals surface area contributed by atoms with Gasteiger partial charge in [0.2, 0.25) is 0 Å². The zero-order chi connectivity index (χ0) is 13.5. The predicted molar refractivity (Wildman–Crippen MR) is 61.4 cm³/mol. The van der Waals surface area contributed by atoms with Gasteiger partial charge in [-0.15, -0.1) is 0 Å². The highest BCUT2D eigenvalue weighted by Gasteiger charge is 2.32. The Labute approximate surface area is 109 Å². The molecule has 3 nitrogen and oxygen atoms in total. The van der Waals surface area contributed by atoms with Crippen molar-refractivity contribution in [3.8, 4) is 5.69 Å². The number of hydrogen-bond donors (Lipinski definition) is 1. The van der Waals surface area contributed by atoms with E-state index in [0.717, 1.165) is 16.8 Å². The van der Waals surface area contributed by atoms with Gasteiger partial charge in [0.1, 0.15) is 0 Å². The number of nitrogens with zero attached hydrogens (tertiary/aromatic N) is 1. The molecular formula is C10H5Cl2F3N2O. The number of alkyl halides is 3. The van der Waals surface area contributed by atoms with Gasteiger partial charge < -0.3 is 0 Å². The first-order valence-electron chi connectivity index (χ1n) is 4.63. The molecule has 0 spiro atoms. The molecule has 0 aliphatic rings. The third-order valence-electron chi connectivity index (χ3n) is 2.19. The standard InChI is InChI=1S/C10H5Cl2F3N2O/c11-6-3-5(10(13,14)15)4-7(12)9(6)17-2-1-8(18)16-17/h1-4H,(H,16,18). The van der Waals surface area contributed by atoms with E-state index in [1.54, 1.807) is 0 Å². The monoisotopic (exact) mass is 296 g/mol. The van der Waals surface area contributed by atoms with Gasteiger partial charge in [-0.2, -0.15) is 13.2 Å². The summed E-state index contributed by atoms with van der Waals surface area (Å²) in [6.45, 7) is 0.